The van der Waals surface area contributed by atoms with E-state index in [1.54, 1.807) is 0 Å². The lowest BCUT2D eigenvalue weighted by atomic mass is 9.84. The van der Waals surface area contributed by atoms with Crippen LogP contribution in [0.1, 0.15) is 17.5 Å². The first-order valence-electron chi connectivity index (χ1n) is 6.17. The molecule has 18 heavy (non-hydrogen) atoms. The molecule has 0 radical (unpaired) electrons. The molecule has 1 aliphatic carbocycles. The van der Waals surface area contributed by atoms with Crippen molar-refractivity contribution in [3.8, 4) is 0 Å². The molecule has 88 valence electrons. The Hall–Kier alpha value is -1.93. The Kier molecular flexibility index (Phi) is 1.72. The largest absolute Gasteiger partial charge is 0.378 e. The predicted octanol–water partition coefficient (Wildman–Crippen LogP) is 2.79. The van der Waals surface area contributed by atoms with Crippen molar-refractivity contribution in [3.63, 3.8) is 0 Å². The molecular weight excluding hydrogens is 222 g/mol. The lowest BCUT2D eigenvalue weighted by Crippen LogP contribution is -2.36. The summed E-state index contributed by atoms with van der Waals surface area (Å²) in [6.07, 6.45) is 0.583. The molecule has 2 aromatic rings. The number of fused-ring (bicyclic) bond motifs is 3. The third-order valence-corrected chi connectivity index (χ3v) is 3.96. The van der Waals surface area contributed by atoms with Crippen LogP contribution in [0.25, 0.3) is 10.8 Å². The second-order valence-electron chi connectivity index (χ2n) is 5.16. The summed E-state index contributed by atoms with van der Waals surface area (Å²) in [5.74, 6) is 0. The maximum Gasteiger partial charge on any atom is 0.136 e. The Morgan fingerprint density at radius 3 is 2.78 bits per heavy atom. The van der Waals surface area contributed by atoms with Crippen LogP contribution in [0.3, 0.4) is 0 Å². The van der Waals surface area contributed by atoms with Crippen LogP contribution >= 0.6 is 0 Å². The zero-order chi connectivity index (χ0) is 12.3. The monoisotopic (exact) mass is 235 g/mol. The summed E-state index contributed by atoms with van der Waals surface area (Å²) in [7, 11) is 0. The fraction of sp³-hybridized carbons (Fsp3) is 0.188. The van der Waals surface area contributed by atoms with Crippen molar-refractivity contribution in [1.29, 1.82) is 0 Å². The first-order valence-corrected chi connectivity index (χ1v) is 6.17. The van der Waals surface area contributed by atoms with Crippen LogP contribution in [-0.2, 0) is 5.60 Å². The van der Waals surface area contributed by atoms with E-state index in [2.05, 4.69) is 29.8 Å². The van der Waals surface area contributed by atoms with Gasteiger partial charge in [0.05, 0.1) is 12.3 Å². The van der Waals surface area contributed by atoms with Gasteiger partial charge < -0.3 is 5.11 Å². The maximum absolute atomic E-state index is 11.0. The van der Waals surface area contributed by atoms with Crippen molar-refractivity contribution in [2.75, 3.05) is 6.54 Å². The number of benzene rings is 2. The lowest BCUT2D eigenvalue weighted by Gasteiger charge is -2.30. The highest BCUT2D eigenvalue weighted by molar-refractivity contribution is 6.22. The van der Waals surface area contributed by atoms with Crippen molar-refractivity contribution in [2.45, 2.75) is 12.0 Å². The number of rotatable bonds is 0. The second-order valence-corrected chi connectivity index (χ2v) is 5.16. The molecule has 1 aliphatic heterocycles. The van der Waals surface area contributed by atoms with Gasteiger partial charge in [0, 0.05) is 12.0 Å². The van der Waals surface area contributed by atoms with Crippen molar-refractivity contribution in [3.05, 3.63) is 59.7 Å². The highest BCUT2D eigenvalue weighted by Crippen LogP contribution is 2.46. The Labute approximate surface area is 105 Å². The van der Waals surface area contributed by atoms with Gasteiger partial charge in [-0.3, -0.25) is 4.99 Å². The highest BCUT2D eigenvalue weighted by atomic mass is 16.3. The fourth-order valence-corrected chi connectivity index (χ4v) is 3.24. The Balaban J connectivity index is 2.17. The third kappa shape index (κ3) is 1.04. The molecule has 2 aliphatic rings. The van der Waals surface area contributed by atoms with Gasteiger partial charge in [-0.2, -0.15) is 0 Å². The second kappa shape index (κ2) is 3.09. The van der Waals surface area contributed by atoms with Crippen LogP contribution in [0.5, 0.6) is 0 Å². The molecule has 0 spiro atoms. The van der Waals surface area contributed by atoms with E-state index >= 15 is 0 Å². The topological polar surface area (TPSA) is 32.6 Å². The van der Waals surface area contributed by atoms with Gasteiger partial charge in [-0.05, 0) is 16.3 Å². The number of nitrogens with zero attached hydrogens (tertiary/aromatic N) is 1. The summed E-state index contributed by atoms with van der Waals surface area (Å²) in [5, 5.41) is 13.3. The van der Waals surface area contributed by atoms with E-state index in [-0.39, 0.29) is 0 Å². The molecule has 2 heteroatoms. The smallest absolute Gasteiger partial charge is 0.136 e. The minimum Gasteiger partial charge on any atom is -0.378 e. The van der Waals surface area contributed by atoms with Crippen molar-refractivity contribution >= 4 is 16.5 Å². The summed E-state index contributed by atoms with van der Waals surface area (Å²) in [6, 6.07) is 12.2. The number of hydrogen-bond donors (Lipinski definition) is 1. The van der Waals surface area contributed by atoms with Gasteiger partial charge in [-0.1, -0.05) is 48.6 Å². The van der Waals surface area contributed by atoms with Gasteiger partial charge in [0.2, 0.25) is 0 Å². The molecule has 0 bridgehead atoms. The minimum atomic E-state index is -0.960. The van der Waals surface area contributed by atoms with E-state index in [1.807, 2.05) is 18.2 Å². The zero-order valence-corrected chi connectivity index (χ0v) is 9.98. The summed E-state index contributed by atoms with van der Waals surface area (Å²) >= 11 is 0. The Bertz CT molecular complexity index is 724. The van der Waals surface area contributed by atoms with Gasteiger partial charge in [-0.25, -0.2) is 0 Å². The van der Waals surface area contributed by atoms with Gasteiger partial charge >= 0.3 is 0 Å². The molecule has 1 unspecified atom stereocenters. The number of aliphatic imine (C=N–C) groups is 1. The SMILES string of the molecule is C=C1CN=C2c3cccc4cccc(c34)C2(O)C1. The van der Waals surface area contributed by atoms with Crippen molar-refractivity contribution < 1.29 is 5.11 Å². The van der Waals surface area contributed by atoms with Gasteiger partial charge in [-0.15, -0.1) is 0 Å². The molecule has 0 amide bonds. The van der Waals surface area contributed by atoms with Crippen molar-refractivity contribution in [1.82, 2.24) is 0 Å². The summed E-state index contributed by atoms with van der Waals surface area (Å²) in [5.41, 5.74) is 2.92. The van der Waals surface area contributed by atoms with Gasteiger partial charge in [0.1, 0.15) is 5.60 Å². The average molecular weight is 235 g/mol. The number of aliphatic hydroxyl groups is 1. The predicted molar refractivity (Wildman–Crippen MR) is 73.0 cm³/mol. The highest BCUT2D eigenvalue weighted by Gasteiger charge is 2.45. The number of hydrogen-bond acceptors (Lipinski definition) is 2. The van der Waals surface area contributed by atoms with Crippen LogP contribution in [-0.4, -0.2) is 17.4 Å². The quantitative estimate of drug-likeness (QED) is 0.700. The van der Waals surface area contributed by atoms with Crippen LogP contribution in [0.2, 0.25) is 0 Å². The normalized spacial score (nSPS) is 25.2. The fourth-order valence-electron chi connectivity index (χ4n) is 3.24. The van der Waals surface area contributed by atoms with Gasteiger partial charge in [0.25, 0.3) is 0 Å². The molecule has 0 saturated carbocycles. The van der Waals surface area contributed by atoms with E-state index in [0.717, 1.165) is 27.8 Å². The Morgan fingerprint density at radius 1 is 1.17 bits per heavy atom. The summed E-state index contributed by atoms with van der Waals surface area (Å²) < 4.78 is 0. The van der Waals surface area contributed by atoms with Crippen LogP contribution in [0.15, 0.2) is 53.5 Å². The van der Waals surface area contributed by atoms with Gasteiger partial charge in [0.15, 0.2) is 0 Å². The van der Waals surface area contributed by atoms with E-state index < -0.39 is 5.60 Å². The lowest BCUT2D eigenvalue weighted by molar-refractivity contribution is 0.113. The standard InChI is InChI=1S/C16H13NO/c1-10-8-16(18)13-7-3-5-11-4-2-6-12(14(11)13)15(16)17-9-10/h2-7,18H,1,8-9H2. The van der Waals surface area contributed by atoms with Crippen LogP contribution in [0.4, 0.5) is 0 Å². The molecule has 0 aromatic heterocycles. The van der Waals surface area contributed by atoms with Crippen LogP contribution < -0.4 is 0 Å². The molecule has 2 aromatic carbocycles. The summed E-state index contributed by atoms with van der Waals surface area (Å²) in [6.45, 7) is 4.61. The zero-order valence-electron chi connectivity index (χ0n) is 9.98. The maximum atomic E-state index is 11.0. The van der Waals surface area contributed by atoms with Crippen molar-refractivity contribution in [2.24, 2.45) is 4.99 Å². The molecule has 2 nitrogen and oxygen atoms in total. The molecule has 4 rings (SSSR count). The average Bonchev–Trinajstić information content (AvgIpc) is 2.61. The molecule has 0 fully saturated rings. The first kappa shape index (κ1) is 10.0. The summed E-state index contributed by atoms with van der Waals surface area (Å²) in [4.78, 5) is 4.55. The first-order chi connectivity index (χ1) is 8.70. The van der Waals surface area contributed by atoms with E-state index in [1.165, 1.54) is 5.39 Å². The van der Waals surface area contributed by atoms with E-state index in [9.17, 15) is 5.11 Å². The van der Waals surface area contributed by atoms with E-state index in [4.69, 9.17) is 0 Å². The molecule has 0 saturated heterocycles. The minimum absolute atomic E-state index is 0.583. The molecule has 1 N–H and O–H groups in total. The molecule has 1 atom stereocenters. The molecular formula is C16H13NO. The third-order valence-electron chi connectivity index (χ3n) is 3.96. The molecule has 1 heterocycles. The van der Waals surface area contributed by atoms with E-state index in [0.29, 0.717) is 13.0 Å². The Morgan fingerprint density at radius 2 is 1.94 bits per heavy atom. The van der Waals surface area contributed by atoms with Crippen LogP contribution in [0, 0.1) is 0 Å².